The maximum Gasteiger partial charge on any atom is 0.306 e. The van der Waals surface area contributed by atoms with Crippen LogP contribution in [-0.4, -0.2) is 23.1 Å². The Morgan fingerprint density at radius 3 is 1.68 bits per heavy atom. The van der Waals surface area contributed by atoms with Gasteiger partial charge in [-0.05, 0) is 57.8 Å². The third-order valence-corrected chi connectivity index (χ3v) is 6.49. The number of unbranched alkanes of at least 4 members (excludes halogenated alkanes) is 15. The van der Waals surface area contributed by atoms with Crippen molar-refractivity contribution < 1.29 is 19.4 Å². The molecule has 0 bridgehead atoms. The summed E-state index contributed by atoms with van der Waals surface area (Å²) < 4.78 is 5.86. The maximum absolute atomic E-state index is 12.4. The van der Waals surface area contributed by atoms with Crippen LogP contribution < -0.4 is 0 Å². The summed E-state index contributed by atoms with van der Waals surface area (Å²) in [5, 5.41) is 8.68. The molecular formula is C30H56O4. The van der Waals surface area contributed by atoms with E-state index in [1.54, 1.807) is 0 Å². The van der Waals surface area contributed by atoms with Gasteiger partial charge in [-0.25, -0.2) is 0 Å². The van der Waals surface area contributed by atoms with Gasteiger partial charge in [0.1, 0.15) is 6.10 Å². The Balaban J connectivity index is 3.81. The molecule has 200 valence electrons. The van der Waals surface area contributed by atoms with Gasteiger partial charge in [-0.1, -0.05) is 103 Å². The molecule has 0 saturated carbocycles. The van der Waals surface area contributed by atoms with E-state index in [9.17, 15) is 9.59 Å². The number of aliphatic carboxylic acids is 1. The van der Waals surface area contributed by atoms with Crippen molar-refractivity contribution in [2.24, 2.45) is 0 Å². The third-order valence-electron chi connectivity index (χ3n) is 6.49. The topological polar surface area (TPSA) is 63.6 Å². The molecular weight excluding hydrogens is 424 g/mol. The first-order chi connectivity index (χ1) is 16.6. The summed E-state index contributed by atoms with van der Waals surface area (Å²) in [6.45, 7) is 4.44. The van der Waals surface area contributed by atoms with E-state index in [1.165, 1.54) is 64.2 Å². The lowest BCUT2D eigenvalue weighted by Gasteiger charge is -2.18. The quantitative estimate of drug-likeness (QED) is 0.0760. The minimum absolute atomic E-state index is 0.00705. The predicted octanol–water partition coefficient (Wildman–Crippen LogP) is 9.55. The van der Waals surface area contributed by atoms with Gasteiger partial charge >= 0.3 is 11.9 Å². The van der Waals surface area contributed by atoms with Crippen LogP contribution in [0.1, 0.15) is 162 Å². The Labute approximate surface area is 211 Å². The van der Waals surface area contributed by atoms with Crippen LogP contribution in [0.3, 0.4) is 0 Å². The SMILES string of the molecule is CCCC/C=C\CCCCCCCCC(=O)OC(CCCCC)CCCCCCCCC(=O)O. The van der Waals surface area contributed by atoms with Crippen molar-refractivity contribution in [3.05, 3.63) is 12.2 Å². The van der Waals surface area contributed by atoms with E-state index in [0.717, 1.165) is 70.6 Å². The van der Waals surface area contributed by atoms with Crippen LogP contribution >= 0.6 is 0 Å². The van der Waals surface area contributed by atoms with Gasteiger partial charge < -0.3 is 9.84 Å². The molecule has 0 radical (unpaired) electrons. The summed E-state index contributed by atoms with van der Waals surface area (Å²) in [5.41, 5.74) is 0. The lowest BCUT2D eigenvalue weighted by molar-refractivity contribution is -0.150. The largest absolute Gasteiger partial charge is 0.481 e. The Morgan fingerprint density at radius 2 is 1.09 bits per heavy atom. The van der Waals surface area contributed by atoms with Crippen molar-refractivity contribution in [2.45, 2.75) is 168 Å². The van der Waals surface area contributed by atoms with Gasteiger partial charge in [0.15, 0.2) is 0 Å². The molecule has 0 amide bonds. The van der Waals surface area contributed by atoms with Crippen LogP contribution in [0.15, 0.2) is 12.2 Å². The van der Waals surface area contributed by atoms with Crippen molar-refractivity contribution in [3.8, 4) is 0 Å². The summed E-state index contributed by atoms with van der Waals surface area (Å²) in [7, 11) is 0. The molecule has 1 N–H and O–H groups in total. The number of ether oxygens (including phenoxy) is 1. The van der Waals surface area contributed by atoms with E-state index in [0.29, 0.717) is 6.42 Å². The molecule has 0 aromatic rings. The van der Waals surface area contributed by atoms with Gasteiger partial charge in [-0.15, -0.1) is 0 Å². The molecule has 0 aromatic heterocycles. The molecule has 1 atom stereocenters. The highest BCUT2D eigenvalue weighted by Crippen LogP contribution is 2.17. The number of carboxylic acids is 1. The Morgan fingerprint density at radius 1 is 0.618 bits per heavy atom. The van der Waals surface area contributed by atoms with E-state index in [1.807, 2.05) is 0 Å². The molecule has 0 aromatic carbocycles. The average Bonchev–Trinajstić information content (AvgIpc) is 2.81. The minimum atomic E-state index is -0.696. The van der Waals surface area contributed by atoms with E-state index in [-0.39, 0.29) is 18.5 Å². The second-order valence-electron chi connectivity index (χ2n) is 9.94. The van der Waals surface area contributed by atoms with Gasteiger partial charge in [0.05, 0.1) is 0 Å². The standard InChI is InChI=1S/C30H56O4/c1-3-5-7-8-9-10-11-12-13-14-19-23-27-30(33)34-28(24-20-6-4-2)25-21-17-15-16-18-22-26-29(31)32/h8-9,28H,3-7,10-27H2,1-2H3,(H,31,32)/b9-8-. The van der Waals surface area contributed by atoms with Crippen LogP contribution in [0, 0.1) is 0 Å². The molecule has 0 fully saturated rings. The van der Waals surface area contributed by atoms with Gasteiger partial charge in [0, 0.05) is 12.8 Å². The lowest BCUT2D eigenvalue weighted by atomic mass is 10.0. The summed E-state index contributed by atoms with van der Waals surface area (Å²) in [5.74, 6) is -0.703. The molecule has 34 heavy (non-hydrogen) atoms. The number of esters is 1. The summed E-state index contributed by atoms with van der Waals surface area (Å²) in [6.07, 6.45) is 29.5. The number of carboxylic acid groups (broad SMARTS) is 1. The molecule has 0 aliphatic heterocycles. The number of allylic oxidation sites excluding steroid dienone is 2. The molecule has 0 saturated heterocycles. The Bertz CT molecular complexity index is 486. The number of rotatable bonds is 26. The summed E-state index contributed by atoms with van der Waals surface area (Å²) >= 11 is 0. The van der Waals surface area contributed by atoms with E-state index in [2.05, 4.69) is 26.0 Å². The van der Waals surface area contributed by atoms with Gasteiger partial charge in [-0.2, -0.15) is 0 Å². The van der Waals surface area contributed by atoms with Crippen molar-refractivity contribution in [3.63, 3.8) is 0 Å². The molecule has 0 rings (SSSR count). The molecule has 1 unspecified atom stereocenters. The normalized spacial score (nSPS) is 12.3. The van der Waals surface area contributed by atoms with Crippen molar-refractivity contribution >= 4 is 11.9 Å². The third kappa shape index (κ3) is 25.3. The zero-order valence-corrected chi connectivity index (χ0v) is 22.7. The van der Waals surface area contributed by atoms with E-state index < -0.39 is 5.97 Å². The molecule has 0 aliphatic rings. The van der Waals surface area contributed by atoms with Crippen LogP contribution in [-0.2, 0) is 14.3 Å². The first-order valence-electron chi connectivity index (χ1n) is 14.7. The zero-order valence-electron chi connectivity index (χ0n) is 22.7. The van der Waals surface area contributed by atoms with Crippen molar-refractivity contribution in [2.75, 3.05) is 0 Å². The van der Waals surface area contributed by atoms with Gasteiger partial charge in [-0.3, -0.25) is 9.59 Å². The van der Waals surface area contributed by atoms with Crippen LogP contribution in [0.4, 0.5) is 0 Å². The maximum atomic E-state index is 12.4. The molecule has 4 heteroatoms. The molecule has 0 spiro atoms. The summed E-state index contributed by atoms with van der Waals surface area (Å²) in [4.78, 5) is 22.9. The fraction of sp³-hybridized carbons (Fsp3) is 0.867. The number of hydrogen-bond acceptors (Lipinski definition) is 3. The van der Waals surface area contributed by atoms with Crippen LogP contribution in [0.25, 0.3) is 0 Å². The second kappa shape index (κ2) is 26.3. The Hall–Kier alpha value is -1.32. The molecule has 4 nitrogen and oxygen atoms in total. The van der Waals surface area contributed by atoms with E-state index in [4.69, 9.17) is 9.84 Å². The fourth-order valence-corrected chi connectivity index (χ4v) is 4.28. The monoisotopic (exact) mass is 480 g/mol. The highest BCUT2D eigenvalue weighted by atomic mass is 16.5. The predicted molar refractivity (Wildman–Crippen MR) is 144 cm³/mol. The average molecular weight is 481 g/mol. The highest BCUT2D eigenvalue weighted by molar-refractivity contribution is 5.69. The number of hydrogen-bond donors (Lipinski definition) is 1. The fourth-order valence-electron chi connectivity index (χ4n) is 4.28. The highest BCUT2D eigenvalue weighted by Gasteiger charge is 2.14. The first-order valence-corrected chi connectivity index (χ1v) is 14.7. The minimum Gasteiger partial charge on any atom is -0.481 e. The lowest BCUT2D eigenvalue weighted by Crippen LogP contribution is -2.18. The van der Waals surface area contributed by atoms with Crippen molar-refractivity contribution in [1.29, 1.82) is 0 Å². The molecule has 0 heterocycles. The summed E-state index contributed by atoms with van der Waals surface area (Å²) in [6, 6.07) is 0. The smallest absolute Gasteiger partial charge is 0.306 e. The molecule has 0 aliphatic carbocycles. The second-order valence-corrected chi connectivity index (χ2v) is 9.94. The first kappa shape index (κ1) is 32.7. The van der Waals surface area contributed by atoms with E-state index >= 15 is 0 Å². The number of carbonyl (C=O) groups is 2. The van der Waals surface area contributed by atoms with Crippen LogP contribution in [0.2, 0.25) is 0 Å². The Kier molecular flexibility index (Phi) is 25.3. The van der Waals surface area contributed by atoms with Gasteiger partial charge in [0.25, 0.3) is 0 Å². The zero-order chi connectivity index (χ0) is 25.1. The number of carbonyl (C=O) groups excluding carboxylic acids is 1. The van der Waals surface area contributed by atoms with Crippen LogP contribution in [0.5, 0.6) is 0 Å². The van der Waals surface area contributed by atoms with Gasteiger partial charge in [0.2, 0.25) is 0 Å². The van der Waals surface area contributed by atoms with Crippen molar-refractivity contribution in [1.82, 2.24) is 0 Å².